The molecule has 1 N–H and O–H groups in total. The Labute approximate surface area is 260 Å². The topological polar surface area (TPSA) is 86.8 Å². The molecule has 4 aromatic rings. The summed E-state index contributed by atoms with van der Waals surface area (Å²) in [6, 6.07) is 24.3. The highest BCUT2D eigenvalue weighted by molar-refractivity contribution is 7.92. The van der Waals surface area contributed by atoms with E-state index in [2.05, 4.69) is 5.32 Å². The number of sulfonamides is 1. The largest absolute Gasteiger partial charge is 0.357 e. The molecule has 0 fully saturated rings. The zero-order valence-electron chi connectivity index (χ0n) is 23.5. The van der Waals surface area contributed by atoms with Gasteiger partial charge >= 0.3 is 0 Å². The standard InChI is InChI=1S/C32H30Cl2FN3O4S/c1-22-12-15-26(16-13-22)43(41,42)38(29-19-25(33)14-17-27(29)34)21-31(39)37(20-24-10-6-7-11-28(24)35)30(32(40)36-2)18-23-8-4-3-5-9-23/h3-17,19,30H,18,20-21H2,1-2H3,(H,36,40)/t30-/m1/s1. The first-order valence-electron chi connectivity index (χ1n) is 13.3. The summed E-state index contributed by atoms with van der Waals surface area (Å²) in [6.07, 6.45) is 0.101. The second-order valence-corrected chi connectivity index (χ2v) is 12.6. The van der Waals surface area contributed by atoms with Crippen LogP contribution in [0.5, 0.6) is 0 Å². The maximum Gasteiger partial charge on any atom is 0.264 e. The van der Waals surface area contributed by atoms with Crippen LogP contribution in [0.25, 0.3) is 0 Å². The van der Waals surface area contributed by atoms with Gasteiger partial charge in [-0.05, 0) is 48.9 Å². The summed E-state index contributed by atoms with van der Waals surface area (Å²) in [5, 5.41) is 2.83. The highest BCUT2D eigenvalue weighted by Gasteiger charge is 2.35. The minimum atomic E-state index is -4.36. The molecule has 0 saturated carbocycles. The Kier molecular flexibility index (Phi) is 10.4. The second kappa shape index (κ2) is 14.0. The molecule has 0 aromatic heterocycles. The van der Waals surface area contributed by atoms with E-state index in [1.54, 1.807) is 30.3 Å². The van der Waals surface area contributed by atoms with Crippen molar-refractivity contribution in [1.82, 2.24) is 10.2 Å². The van der Waals surface area contributed by atoms with Crippen molar-refractivity contribution in [3.8, 4) is 0 Å². The number of nitrogens with zero attached hydrogens (tertiary/aromatic N) is 2. The molecule has 1 atom stereocenters. The Morgan fingerprint density at radius 1 is 0.907 bits per heavy atom. The number of halogens is 3. The van der Waals surface area contributed by atoms with Crippen LogP contribution in [-0.4, -0.2) is 44.8 Å². The lowest BCUT2D eigenvalue weighted by Gasteiger charge is -2.34. The summed E-state index contributed by atoms with van der Waals surface area (Å²) >= 11 is 12.7. The van der Waals surface area contributed by atoms with Gasteiger partial charge in [0.2, 0.25) is 11.8 Å². The second-order valence-electron chi connectivity index (χ2n) is 9.85. The van der Waals surface area contributed by atoms with Gasteiger partial charge in [-0.2, -0.15) is 0 Å². The maximum atomic E-state index is 14.9. The van der Waals surface area contributed by atoms with E-state index in [4.69, 9.17) is 23.2 Å². The van der Waals surface area contributed by atoms with Crippen molar-refractivity contribution in [3.05, 3.63) is 130 Å². The van der Waals surface area contributed by atoms with Crippen LogP contribution in [0.4, 0.5) is 10.1 Å². The van der Waals surface area contributed by atoms with Gasteiger partial charge in [0.15, 0.2) is 0 Å². The Morgan fingerprint density at radius 3 is 2.21 bits per heavy atom. The number of likely N-dealkylation sites (N-methyl/N-ethyl adjacent to an activating group) is 1. The first-order chi connectivity index (χ1) is 20.5. The van der Waals surface area contributed by atoms with Gasteiger partial charge in [-0.15, -0.1) is 0 Å². The molecule has 0 radical (unpaired) electrons. The van der Waals surface area contributed by atoms with Crippen molar-refractivity contribution in [3.63, 3.8) is 0 Å². The van der Waals surface area contributed by atoms with E-state index in [-0.39, 0.29) is 39.2 Å². The van der Waals surface area contributed by atoms with Gasteiger partial charge in [0, 0.05) is 30.6 Å². The van der Waals surface area contributed by atoms with E-state index < -0.39 is 40.2 Å². The molecular formula is C32H30Cl2FN3O4S. The third-order valence-electron chi connectivity index (χ3n) is 6.88. The quantitative estimate of drug-likeness (QED) is 0.217. The monoisotopic (exact) mass is 641 g/mol. The number of aryl methyl sites for hydroxylation is 1. The lowest BCUT2D eigenvalue weighted by Crippen LogP contribution is -2.53. The number of hydrogen-bond donors (Lipinski definition) is 1. The zero-order chi connectivity index (χ0) is 31.1. The fraction of sp³-hybridized carbons (Fsp3) is 0.188. The molecule has 43 heavy (non-hydrogen) atoms. The van der Waals surface area contributed by atoms with Gasteiger partial charge in [0.25, 0.3) is 10.0 Å². The summed E-state index contributed by atoms with van der Waals surface area (Å²) in [4.78, 5) is 28.7. The van der Waals surface area contributed by atoms with Crippen LogP contribution >= 0.6 is 23.2 Å². The third kappa shape index (κ3) is 7.73. The molecular weight excluding hydrogens is 612 g/mol. The molecule has 0 aliphatic carbocycles. The lowest BCUT2D eigenvalue weighted by molar-refractivity contribution is -0.139. The van der Waals surface area contributed by atoms with Crippen LogP contribution in [0.1, 0.15) is 16.7 Å². The maximum absolute atomic E-state index is 14.9. The van der Waals surface area contributed by atoms with Crippen molar-refractivity contribution in [2.75, 3.05) is 17.9 Å². The average molecular weight is 643 g/mol. The van der Waals surface area contributed by atoms with Crippen LogP contribution in [0, 0.1) is 12.7 Å². The molecule has 2 amide bonds. The van der Waals surface area contributed by atoms with Crippen LogP contribution < -0.4 is 9.62 Å². The Hall–Kier alpha value is -3.92. The predicted octanol–water partition coefficient (Wildman–Crippen LogP) is 6.02. The van der Waals surface area contributed by atoms with Crippen LogP contribution in [0.3, 0.4) is 0 Å². The molecule has 0 spiro atoms. The summed E-state index contributed by atoms with van der Waals surface area (Å²) in [5.41, 5.74) is 1.73. The van der Waals surface area contributed by atoms with Crippen molar-refractivity contribution < 1.29 is 22.4 Å². The Balaban J connectivity index is 1.83. The smallest absolute Gasteiger partial charge is 0.264 e. The number of amides is 2. The molecule has 0 heterocycles. The third-order valence-corrected chi connectivity index (χ3v) is 9.21. The first kappa shape index (κ1) is 32.0. The van der Waals surface area contributed by atoms with Gasteiger partial charge in [-0.3, -0.25) is 13.9 Å². The Morgan fingerprint density at radius 2 is 1.56 bits per heavy atom. The zero-order valence-corrected chi connectivity index (χ0v) is 25.8. The van der Waals surface area contributed by atoms with E-state index in [1.807, 2.05) is 25.1 Å². The van der Waals surface area contributed by atoms with Gasteiger partial charge in [0.05, 0.1) is 15.6 Å². The van der Waals surface area contributed by atoms with Gasteiger partial charge < -0.3 is 10.2 Å². The van der Waals surface area contributed by atoms with Gasteiger partial charge in [0.1, 0.15) is 18.4 Å². The van der Waals surface area contributed by atoms with Crippen LogP contribution in [0.2, 0.25) is 10.0 Å². The van der Waals surface area contributed by atoms with E-state index in [0.29, 0.717) is 0 Å². The fourth-order valence-corrected chi connectivity index (χ4v) is 6.42. The van der Waals surface area contributed by atoms with E-state index >= 15 is 0 Å². The van der Waals surface area contributed by atoms with Gasteiger partial charge in [-0.25, -0.2) is 12.8 Å². The summed E-state index contributed by atoms with van der Waals surface area (Å²) in [7, 11) is -2.93. The molecule has 0 saturated heterocycles. The first-order valence-corrected chi connectivity index (χ1v) is 15.5. The molecule has 0 unspecified atom stereocenters. The number of nitrogens with one attached hydrogen (secondary N) is 1. The Bertz CT molecular complexity index is 1700. The van der Waals surface area contributed by atoms with Gasteiger partial charge in [-0.1, -0.05) is 89.4 Å². The summed E-state index contributed by atoms with van der Waals surface area (Å²) < 4.78 is 43.8. The number of anilines is 1. The number of benzene rings is 4. The number of carbonyl (C=O) groups is 2. The molecule has 0 aliphatic heterocycles. The molecule has 0 bridgehead atoms. The minimum absolute atomic E-state index is 0.0199. The van der Waals surface area contributed by atoms with Crippen molar-refractivity contribution in [1.29, 1.82) is 0 Å². The predicted molar refractivity (Wildman–Crippen MR) is 167 cm³/mol. The number of hydrogen-bond acceptors (Lipinski definition) is 4. The molecule has 11 heteroatoms. The van der Waals surface area contributed by atoms with Crippen molar-refractivity contribution >= 4 is 50.7 Å². The molecule has 4 aromatic carbocycles. The highest BCUT2D eigenvalue weighted by atomic mass is 35.5. The number of rotatable bonds is 11. The van der Waals surface area contributed by atoms with Crippen molar-refractivity contribution in [2.24, 2.45) is 0 Å². The van der Waals surface area contributed by atoms with Crippen molar-refractivity contribution in [2.45, 2.75) is 30.8 Å². The fourth-order valence-electron chi connectivity index (χ4n) is 4.56. The molecule has 0 aliphatic rings. The normalized spacial score (nSPS) is 11.9. The molecule has 224 valence electrons. The van der Waals surface area contributed by atoms with Crippen LogP contribution in [0.15, 0.2) is 102 Å². The average Bonchev–Trinajstić information content (AvgIpc) is 3.00. The van der Waals surface area contributed by atoms with E-state index in [1.165, 1.54) is 60.5 Å². The highest BCUT2D eigenvalue weighted by Crippen LogP contribution is 2.33. The minimum Gasteiger partial charge on any atom is -0.357 e. The van der Waals surface area contributed by atoms with Crippen LogP contribution in [-0.2, 0) is 32.6 Å². The van der Waals surface area contributed by atoms with E-state index in [0.717, 1.165) is 15.4 Å². The molecule has 7 nitrogen and oxygen atoms in total. The molecule has 4 rings (SSSR count). The lowest BCUT2D eigenvalue weighted by atomic mass is 10.0. The summed E-state index contributed by atoms with van der Waals surface area (Å²) in [6.45, 7) is 0.781. The SMILES string of the molecule is CNC(=O)[C@@H](Cc1ccccc1)N(Cc1ccccc1F)C(=O)CN(c1cc(Cl)ccc1Cl)S(=O)(=O)c1ccc(C)cc1. The number of carbonyl (C=O) groups excluding carboxylic acids is 2. The van der Waals surface area contributed by atoms with E-state index in [9.17, 15) is 22.4 Å². The summed E-state index contributed by atoms with van der Waals surface area (Å²) in [5.74, 6) is -1.82.